The number of ether oxygens (including phenoxy) is 1. The maximum Gasteiger partial charge on any atom is 0.258 e. The summed E-state index contributed by atoms with van der Waals surface area (Å²) in [6.07, 6.45) is 3.99. The summed E-state index contributed by atoms with van der Waals surface area (Å²) in [6.45, 7) is 4.50. The lowest BCUT2D eigenvalue weighted by Gasteiger charge is -2.11. The number of rotatable bonds is 7. The Morgan fingerprint density at radius 3 is 2.97 bits per heavy atom. The van der Waals surface area contributed by atoms with Crippen LogP contribution in [0.15, 0.2) is 50.4 Å². The van der Waals surface area contributed by atoms with Gasteiger partial charge in [0, 0.05) is 23.3 Å². The minimum atomic E-state index is 0.0719. The van der Waals surface area contributed by atoms with Crippen LogP contribution in [0.4, 0.5) is 0 Å². The molecule has 3 aromatic rings. The molecule has 6 nitrogen and oxygen atoms in total. The van der Waals surface area contributed by atoms with Crippen LogP contribution in [0.25, 0.3) is 22.8 Å². The van der Waals surface area contributed by atoms with Gasteiger partial charge in [-0.05, 0) is 71.9 Å². The number of fused-ring (bicyclic) bond motifs is 1. The lowest BCUT2D eigenvalue weighted by atomic mass is 9.99. The fourth-order valence-electron chi connectivity index (χ4n) is 3.74. The molecule has 1 aliphatic rings. The first kappa shape index (κ1) is 20.8. The Kier molecular flexibility index (Phi) is 6.29. The summed E-state index contributed by atoms with van der Waals surface area (Å²) in [5.74, 6) is 2.11. The van der Waals surface area contributed by atoms with Gasteiger partial charge in [-0.1, -0.05) is 23.4 Å². The van der Waals surface area contributed by atoms with Crippen molar-refractivity contribution < 1.29 is 14.4 Å². The van der Waals surface area contributed by atoms with Gasteiger partial charge >= 0.3 is 0 Å². The first-order valence-electron chi connectivity index (χ1n) is 10.1. The smallest absolute Gasteiger partial charge is 0.258 e. The number of nitrogens with zero attached hydrogens (tertiary/aromatic N) is 3. The highest BCUT2D eigenvalue weighted by molar-refractivity contribution is 9.10. The first-order chi connectivity index (χ1) is 14.6. The van der Waals surface area contributed by atoms with Gasteiger partial charge in [-0.3, -0.25) is 4.99 Å². The van der Waals surface area contributed by atoms with Crippen LogP contribution < -0.4 is 4.74 Å². The van der Waals surface area contributed by atoms with Crippen LogP contribution in [-0.2, 0) is 6.42 Å². The Bertz CT molecular complexity index is 1060. The molecule has 1 unspecified atom stereocenters. The van der Waals surface area contributed by atoms with Gasteiger partial charge < -0.3 is 14.4 Å². The predicted octanol–water partition coefficient (Wildman–Crippen LogP) is 5.05. The van der Waals surface area contributed by atoms with E-state index in [2.05, 4.69) is 37.1 Å². The van der Waals surface area contributed by atoms with Crippen molar-refractivity contribution in [1.29, 1.82) is 0 Å². The Hall–Kier alpha value is -2.51. The van der Waals surface area contributed by atoms with E-state index < -0.39 is 0 Å². The van der Waals surface area contributed by atoms with E-state index >= 15 is 0 Å². The number of hydrogen-bond donors (Lipinski definition) is 1. The highest BCUT2D eigenvalue weighted by Gasteiger charge is 2.25. The number of hydrogen-bond acceptors (Lipinski definition) is 6. The molecule has 1 aliphatic carbocycles. The summed E-state index contributed by atoms with van der Waals surface area (Å²) < 4.78 is 12.2. The second kappa shape index (κ2) is 9.10. The molecule has 0 saturated heterocycles. The predicted molar refractivity (Wildman–Crippen MR) is 120 cm³/mol. The third-order valence-corrected chi connectivity index (χ3v) is 5.66. The molecular weight excluding hydrogens is 446 g/mol. The molecule has 1 atom stereocenters. The summed E-state index contributed by atoms with van der Waals surface area (Å²) in [6, 6.07) is 11.9. The normalized spacial score (nSPS) is 15.8. The molecular formula is C23H24BrN3O3. The number of aromatic nitrogens is 2. The van der Waals surface area contributed by atoms with Crippen molar-refractivity contribution in [1.82, 2.24) is 10.1 Å². The minimum Gasteiger partial charge on any atom is -0.490 e. The molecule has 30 heavy (non-hydrogen) atoms. The monoisotopic (exact) mass is 469 g/mol. The second-order valence-electron chi connectivity index (χ2n) is 7.53. The number of halogens is 1. The van der Waals surface area contributed by atoms with Crippen LogP contribution in [0.1, 0.15) is 37.3 Å². The van der Waals surface area contributed by atoms with Crippen molar-refractivity contribution in [2.45, 2.75) is 38.7 Å². The van der Waals surface area contributed by atoms with Crippen molar-refractivity contribution >= 4 is 22.1 Å². The molecule has 0 amide bonds. The van der Waals surface area contributed by atoms with E-state index in [0.717, 1.165) is 34.2 Å². The fraction of sp³-hybridized carbons (Fsp3) is 0.348. The van der Waals surface area contributed by atoms with Gasteiger partial charge in [0.05, 0.1) is 23.7 Å². The van der Waals surface area contributed by atoms with Crippen LogP contribution in [0.5, 0.6) is 5.75 Å². The molecule has 1 N–H and O–H groups in total. The van der Waals surface area contributed by atoms with Gasteiger partial charge in [0.15, 0.2) is 0 Å². The highest BCUT2D eigenvalue weighted by Crippen LogP contribution is 2.38. The van der Waals surface area contributed by atoms with E-state index in [1.807, 2.05) is 50.4 Å². The molecule has 0 fully saturated rings. The Morgan fingerprint density at radius 1 is 1.33 bits per heavy atom. The van der Waals surface area contributed by atoms with E-state index in [4.69, 9.17) is 14.4 Å². The van der Waals surface area contributed by atoms with E-state index in [9.17, 15) is 0 Å². The summed E-state index contributed by atoms with van der Waals surface area (Å²) in [4.78, 5) is 8.96. The molecule has 0 bridgehead atoms. The van der Waals surface area contributed by atoms with E-state index in [-0.39, 0.29) is 18.6 Å². The molecule has 156 valence electrons. The summed E-state index contributed by atoms with van der Waals surface area (Å²) in [5.41, 5.74) is 4.32. The van der Waals surface area contributed by atoms with Gasteiger partial charge in [0.25, 0.3) is 5.89 Å². The van der Waals surface area contributed by atoms with Crippen molar-refractivity contribution in [3.05, 3.63) is 52.0 Å². The Morgan fingerprint density at radius 2 is 2.20 bits per heavy atom. The fourth-order valence-corrected chi connectivity index (χ4v) is 4.22. The summed E-state index contributed by atoms with van der Waals surface area (Å²) >= 11 is 3.55. The third kappa shape index (κ3) is 4.32. The average Bonchev–Trinajstić information content (AvgIpc) is 3.37. The number of aliphatic imine (C=N–C) groups is 1. The molecule has 4 rings (SSSR count). The van der Waals surface area contributed by atoms with Crippen LogP contribution in [0.2, 0.25) is 0 Å². The van der Waals surface area contributed by atoms with Gasteiger partial charge in [0.1, 0.15) is 5.75 Å². The molecule has 7 heteroatoms. The molecule has 2 aromatic carbocycles. The van der Waals surface area contributed by atoms with Crippen molar-refractivity contribution in [3.8, 4) is 28.6 Å². The van der Waals surface area contributed by atoms with Crippen molar-refractivity contribution in [2.24, 2.45) is 4.99 Å². The number of aliphatic hydroxyl groups is 1. The zero-order valence-corrected chi connectivity index (χ0v) is 18.6. The highest BCUT2D eigenvalue weighted by atomic mass is 79.9. The molecule has 0 saturated carbocycles. The first-order valence-corrected chi connectivity index (χ1v) is 10.9. The maximum absolute atomic E-state index is 8.94. The van der Waals surface area contributed by atoms with E-state index in [0.29, 0.717) is 18.3 Å². The van der Waals surface area contributed by atoms with Gasteiger partial charge in [0.2, 0.25) is 5.82 Å². The quantitative estimate of drug-likeness (QED) is 0.489. The lowest BCUT2D eigenvalue weighted by molar-refractivity contribution is 0.241. The summed E-state index contributed by atoms with van der Waals surface area (Å²) in [5, 5.41) is 13.2. The second-order valence-corrected chi connectivity index (χ2v) is 8.39. The van der Waals surface area contributed by atoms with E-state index in [1.165, 1.54) is 11.1 Å². The van der Waals surface area contributed by atoms with Crippen molar-refractivity contribution in [3.63, 3.8) is 0 Å². The lowest BCUT2D eigenvalue weighted by Crippen LogP contribution is -2.05. The van der Waals surface area contributed by atoms with Gasteiger partial charge in [-0.25, -0.2) is 0 Å². The van der Waals surface area contributed by atoms with E-state index in [1.54, 1.807) is 0 Å². The Balaban J connectivity index is 1.61. The molecule has 1 heterocycles. The number of benzene rings is 2. The topological polar surface area (TPSA) is 80.7 Å². The Labute approximate surface area is 184 Å². The average molecular weight is 470 g/mol. The standard InChI is InChI=1S/C23H24BrN3O3/c1-14(2)29-21-9-7-15(12-20(21)24)23-26-22(27-30-23)19-5-3-4-17-16(6-8-18(17)19)13-25-10-11-28/h3-5,7,9,12-14,16,28H,6,8,10-11H2,1-2H3. The largest absolute Gasteiger partial charge is 0.490 e. The molecule has 0 radical (unpaired) electrons. The minimum absolute atomic E-state index is 0.0719. The number of aliphatic hydroxyl groups excluding tert-OH is 1. The molecule has 0 spiro atoms. The maximum atomic E-state index is 8.94. The van der Waals surface area contributed by atoms with Gasteiger partial charge in [-0.2, -0.15) is 4.98 Å². The third-order valence-electron chi connectivity index (χ3n) is 5.04. The SMILES string of the molecule is CC(C)Oc1ccc(-c2nc(-c3cccc4c3CCC4C=NCCO)no2)cc1Br. The van der Waals surface area contributed by atoms with Crippen LogP contribution >= 0.6 is 15.9 Å². The summed E-state index contributed by atoms with van der Waals surface area (Å²) in [7, 11) is 0. The zero-order valence-electron chi connectivity index (χ0n) is 17.0. The molecule has 1 aromatic heterocycles. The van der Waals surface area contributed by atoms with Crippen molar-refractivity contribution in [2.75, 3.05) is 13.2 Å². The molecule has 0 aliphatic heterocycles. The van der Waals surface area contributed by atoms with Crippen LogP contribution in [0, 0.1) is 0 Å². The van der Waals surface area contributed by atoms with Gasteiger partial charge in [-0.15, -0.1) is 0 Å². The van der Waals surface area contributed by atoms with Crippen LogP contribution in [0.3, 0.4) is 0 Å². The van der Waals surface area contributed by atoms with Crippen LogP contribution in [-0.4, -0.2) is 40.7 Å². The zero-order chi connectivity index (χ0) is 21.1.